The molecule has 0 bridgehead atoms. The third-order valence-corrected chi connectivity index (χ3v) is 4.25. The average Bonchev–Trinajstić information content (AvgIpc) is 3.39. The quantitative estimate of drug-likeness (QED) is 0.772. The Hall–Kier alpha value is -1.95. The summed E-state index contributed by atoms with van der Waals surface area (Å²) in [4.78, 5) is 23.5. The van der Waals surface area contributed by atoms with Gasteiger partial charge in [0.2, 0.25) is 11.8 Å². The van der Waals surface area contributed by atoms with Crippen LogP contribution in [0, 0.1) is 5.92 Å². The maximum Gasteiger partial charge on any atom is 0.224 e. The van der Waals surface area contributed by atoms with Crippen molar-refractivity contribution in [2.24, 2.45) is 5.92 Å². The number of nitrogens with one attached hydrogen (secondary N) is 2. The Labute approximate surface area is 145 Å². The Morgan fingerprint density at radius 1 is 1.17 bits per heavy atom. The fourth-order valence-corrected chi connectivity index (χ4v) is 2.64. The lowest BCUT2D eigenvalue weighted by atomic mass is 10.2. The fraction of sp³-hybridized carbons (Fsp3) is 0.529. The molecular formula is C17H21ClN2O4. The van der Waals surface area contributed by atoms with Crippen molar-refractivity contribution in [1.82, 2.24) is 5.32 Å². The minimum absolute atomic E-state index is 0.0985. The largest absolute Gasteiger partial charge is 0.490 e. The van der Waals surface area contributed by atoms with E-state index in [2.05, 4.69) is 10.6 Å². The van der Waals surface area contributed by atoms with Crippen molar-refractivity contribution in [1.29, 1.82) is 0 Å². The van der Waals surface area contributed by atoms with Crippen molar-refractivity contribution < 1.29 is 19.1 Å². The molecule has 6 nitrogen and oxygen atoms in total. The summed E-state index contributed by atoms with van der Waals surface area (Å²) in [6.07, 6.45) is 3.67. The molecule has 7 heteroatoms. The summed E-state index contributed by atoms with van der Waals surface area (Å²) in [6, 6.07) is 3.35. The van der Waals surface area contributed by atoms with Crippen molar-refractivity contribution >= 4 is 29.1 Å². The van der Waals surface area contributed by atoms with Crippen LogP contribution in [-0.2, 0) is 9.59 Å². The second kappa shape index (κ2) is 7.75. The molecular weight excluding hydrogens is 332 g/mol. The van der Waals surface area contributed by atoms with Crippen LogP contribution in [-0.4, -0.2) is 31.6 Å². The highest BCUT2D eigenvalue weighted by atomic mass is 35.5. The lowest BCUT2D eigenvalue weighted by Gasteiger charge is -2.12. The molecule has 0 atom stereocenters. The average molecular weight is 353 g/mol. The minimum Gasteiger partial charge on any atom is -0.490 e. The van der Waals surface area contributed by atoms with Crippen LogP contribution in [0.25, 0.3) is 0 Å². The molecule has 2 aliphatic rings. The summed E-state index contributed by atoms with van der Waals surface area (Å²) in [5.41, 5.74) is 0.507. The number of hydrogen-bond acceptors (Lipinski definition) is 4. The van der Waals surface area contributed by atoms with Crippen molar-refractivity contribution in [3.8, 4) is 11.5 Å². The predicted octanol–water partition coefficient (Wildman–Crippen LogP) is 2.75. The predicted molar refractivity (Wildman–Crippen MR) is 90.7 cm³/mol. The van der Waals surface area contributed by atoms with Crippen LogP contribution in [0.15, 0.2) is 12.1 Å². The molecule has 130 valence electrons. The molecule has 0 saturated heterocycles. The molecule has 2 amide bonds. The Morgan fingerprint density at radius 3 is 2.58 bits per heavy atom. The molecule has 0 unspecified atom stereocenters. The molecule has 24 heavy (non-hydrogen) atoms. The third kappa shape index (κ3) is 4.54. The molecule has 1 heterocycles. The topological polar surface area (TPSA) is 76.7 Å². The van der Waals surface area contributed by atoms with E-state index in [9.17, 15) is 9.59 Å². The summed E-state index contributed by atoms with van der Waals surface area (Å²) in [5.74, 6) is 1.33. The van der Waals surface area contributed by atoms with Gasteiger partial charge in [-0.15, -0.1) is 0 Å². The van der Waals surface area contributed by atoms with Gasteiger partial charge in [-0.1, -0.05) is 11.6 Å². The summed E-state index contributed by atoms with van der Waals surface area (Å²) < 4.78 is 11.1. The van der Waals surface area contributed by atoms with Crippen LogP contribution in [0.4, 0.5) is 5.69 Å². The number of halogens is 1. The summed E-state index contributed by atoms with van der Waals surface area (Å²) in [6.45, 7) is 1.67. The number of rotatable bonds is 6. The Balaban J connectivity index is 1.48. The van der Waals surface area contributed by atoms with Crippen molar-refractivity contribution in [2.75, 3.05) is 25.1 Å². The third-order valence-electron chi connectivity index (χ3n) is 3.94. The number of amides is 2. The molecule has 2 N–H and O–H groups in total. The SMILES string of the molecule is O=C(CCCNC(=O)C1CC1)Nc1cc2c(cc1Cl)OCCCO2. The van der Waals surface area contributed by atoms with Gasteiger partial charge < -0.3 is 20.1 Å². The van der Waals surface area contributed by atoms with E-state index in [1.165, 1.54) is 0 Å². The van der Waals surface area contributed by atoms with Crippen LogP contribution in [0.1, 0.15) is 32.1 Å². The minimum atomic E-state index is -0.146. The van der Waals surface area contributed by atoms with Crippen molar-refractivity contribution in [3.05, 3.63) is 17.2 Å². The second-order valence-corrected chi connectivity index (χ2v) is 6.45. The lowest BCUT2D eigenvalue weighted by molar-refractivity contribution is -0.122. The van der Waals surface area contributed by atoms with E-state index in [0.29, 0.717) is 54.8 Å². The number of carbonyl (C=O) groups excluding carboxylic acids is 2. The molecule has 1 aliphatic carbocycles. The highest BCUT2D eigenvalue weighted by Gasteiger charge is 2.29. The number of ether oxygens (including phenoxy) is 2. The van der Waals surface area contributed by atoms with Crippen LogP contribution in [0.3, 0.4) is 0 Å². The van der Waals surface area contributed by atoms with Crippen LogP contribution in [0.5, 0.6) is 11.5 Å². The molecule has 0 aromatic heterocycles. The Bertz CT molecular complexity index is 631. The highest BCUT2D eigenvalue weighted by Crippen LogP contribution is 2.37. The summed E-state index contributed by atoms with van der Waals surface area (Å²) in [7, 11) is 0. The summed E-state index contributed by atoms with van der Waals surface area (Å²) in [5, 5.41) is 6.04. The van der Waals surface area contributed by atoms with E-state index in [-0.39, 0.29) is 17.7 Å². The van der Waals surface area contributed by atoms with Gasteiger partial charge in [0, 0.05) is 37.4 Å². The number of hydrogen-bond donors (Lipinski definition) is 2. The second-order valence-electron chi connectivity index (χ2n) is 6.05. The first kappa shape index (κ1) is 16.9. The first-order valence-corrected chi connectivity index (χ1v) is 8.68. The van der Waals surface area contributed by atoms with Crippen molar-refractivity contribution in [2.45, 2.75) is 32.1 Å². The van der Waals surface area contributed by atoms with Crippen molar-refractivity contribution in [3.63, 3.8) is 0 Å². The molecule has 1 aromatic rings. The Kier molecular flexibility index (Phi) is 5.45. The van der Waals surface area contributed by atoms with E-state index >= 15 is 0 Å². The molecule has 0 spiro atoms. The molecule has 1 aliphatic heterocycles. The van der Waals surface area contributed by atoms with Gasteiger partial charge in [0.15, 0.2) is 11.5 Å². The molecule has 1 aromatic carbocycles. The van der Waals surface area contributed by atoms with Gasteiger partial charge in [0.05, 0.1) is 23.9 Å². The van der Waals surface area contributed by atoms with Crippen LogP contribution < -0.4 is 20.1 Å². The molecule has 1 fully saturated rings. The van der Waals surface area contributed by atoms with Gasteiger partial charge in [0.25, 0.3) is 0 Å². The lowest BCUT2D eigenvalue weighted by Crippen LogP contribution is -2.26. The Morgan fingerprint density at radius 2 is 1.88 bits per heavy atom. The van der Waals surface area contributed by atoms with Crippen LogP contribution >= 0.6 is 11.6 Å². The maximum atomic E-state index is 12.0. The van der Waals surface area contributed by atoms with Gasteiger partial charge in [-0.05, 0) is 19.3 Å². The first-order valence-electron chi connectivity index (χ1n) is 8.30. The number of anilines is 1. The smallest absolute Gasteiger partial charge is 0.224 e. The number of fused-ring (bicyclic) bond motifs is 1. The molecule has 0 radical (unpaired) electrons. The van der Waals surface area contributed by atoms with Gasteiger partial charge in [-0.25, -0.2) is 0 Å². The number of carbonyl (C=O) groups is 2. The fourth-order valence-electron chi connectivity index (χ4n) is 2.44. The highest BCUT2D eigenvalue weighted by molar-refractivity contribution is 6.34. The van der Waals surface area contributed by atoms with E-state index in [1.54, 1.807) is 12.1 Å². The van der Waals surface area contributed by atoms with Gasteiger partial charge >= 0.3 is 0 Å². The summed E-state index contributed by atoms with van der Waals surface area (Å²) >= 11 is 6.20. The molecule has 3 rings (SSSR count). The van der Waals surface area contributed by atoms with E-state index in [1.807, 2.05) is 0 Å². The van der Waals surface area contributed by atoms with Gasteiger partial charge in [0.1, 0.15) is 0 Å². The zero-order valence-corrected chi connectivity index (χ0v) is 14.2. The zero-order chi connectivity index (χ0) is 16.9. The first-order chi connectivity index (χ1) is 11.6. The molecule has 1 saturated carbocycles. The van der Waals surface area contributed by atoms with Crippen LogP contribution in [0.2, 0.25) is 5.02 Å². The zero-order valence-electron chi connectivity index (χ0n) is 13.4. The van der Waals surface area contributed by atoms with E-state index in [0.717, 1.165) is 19.3 Å². The van der Waals surface area contributed by atoms with Gasteiger partial charge in [-0.2, -0.15) is 0 Å². The van der Waals surface area contributed by atoms with E-state index < -0.39 is 0 Å². The standard InChI is InChI=1S/C17H21ClN2O4/c18-12-9-14-15(24-8-2-7-23-14)10-13(12)20-16(21)3-1-6-19-17(22)11-4-5-11/h9-11H,1-8H2,(H,19,22)(H,20,21). The van der Waals surface area contributed by atoms with E-state index in [4.69, 9.17) is 21.1 Å². The number of benzene rings is 1. The maximum absolute atomic E-state index is 12.0. The van der Waals surface area contributed by atoms with Gasteiger partial charge in [-0.3, -0.25) is 9.59 Å². The monoisotopic (exact) mass is 352 g/mol. The normalized spacial score (nSPS) is 16.2.